The molecule has 2 aromatic carbocycles. The number of halogens is 3. The van der Waals surface area contributed by atoms with Gasteiger partial charge < -0.3 is 9.47 Å². The number of nitrogens with one attached hydrogen (secondary N) is 1. The maximum Gasteiger partial charge on any atom is 0.387 e. The summed E-state index contributed by atoms with van der Waals surface area (Å²) in [5, 5.41) is 0. The number of benzene rings is 2. The second kappa shape index (κ2) is 8.11. The Morgan fingerprint density at radius 2 is 1.88 bits per heavy atom. The fraction of sp³-hybridized carbons (Fsp3) is 0.250. The molecule has 0 heterocycles. The van der Waals surface area contributed by atoms with Crippen LogP contribution in [0.15, 0.2) is 45.8 Å². The summed E-state index contributed by atoms with van der Waals surface area (Å²) in [6.07, 6.45) is 0. The largest absolute Gasteiger partial charge is 0.493 e. The van der Waals surface area contributed by atoms with Crippen LogP contribution in [-0.4, -0.2) is 22.1 Å². The molecule has 0 atom stereocenters. The predicted molar refractivity (Wildman–Crippen MR) is 92.5 cm³/mol. The van der Waals surface area contributed by atoms with Gasteiger partial charge in [0.2, 0.25) is 10.0 Å². The van der Waals surface area contributed by atoms with Gasteiger partial charge >= 0.3 is 6.61 Å². The SMILES string of the molecule is COc1cc(CNS(=O)(=O)c2cc(Br)ccc2C)ccc1OC(F)F. The van der Waals surface area contributed by atoms with E-state index in [2.05, 4.69) is 25.4 Å². The summed E-state index contributed by atoms with van der Waals surface area (Å²) in [5.74, 6) is -0.0254. The van der Waals surface area contributed by atoms with Crippen LogP contribution in [0.1, 0.15) is 11.1 Å². The standard InChI is InChI=1S/C16H16BrF2NO4S/c1-10-3-5-12(17)8-15(10)25(21,22)20-9-11-4-6-13(24-16(18)19)14(7-11)23-2/h3-8,16,20H,9H2,1-2H3. The summed E-state index contributed by atoms with van der Waals surface area (Å²) in [4.78, 5) is 0.159. The smallest absolute Gasteiger partial charge is 0.387 e. The zero-order valence-corrected chi connectivity index (χ0v) is 15.8. The number of alkyl halides is 2. The topological polar surface area (TPSA) is 64.6 Å². The van der Waals surface area contributed by atoms with E-state index in [1.807, 2.05) is 0 Å². The zero-order valence-electron chi connectivity index (χ0n) is 13.4. The lowest BCUT2D eigenvalue weighted by Crippen LogP contribution is -2.24. The van der Waals surface area contributed by atoms with Gasteiger partial charge in [-0.25, -0.2) is 13.1 Å². The molecule has 0 aliphatic heterocycles. The number of hydrogen-bond donors (Lipinski definition) is 1. The van der Waals surface area contributed by atoms with E-state index in [1.165, 1.54) is 31.4 Å². The van der Waals surface area contributed by atoms with Gasteiger partial charge in [-0.2, -0.15) is 8.78 Å². The van der Waals surface area contributed by atoms with Crippen molar-refractivity contribution in [1.82, 2.24) is 4.72 Å². The maximum atomic E-state index is 12.5. The summed E-state index contributed by atoms with van der Waals surface area (Å²) in [6, 6.07) is 9.18. The van der Waals surface area contributed by atoms with Gasteiger partial charge in [-0.1, -0.05) is 28.1 Å². The summed E-state index contributed by atoms with van der Waals surface area (Å²) in [5.41, 5.74) is 1.14. The molecule has 25 heavy (non-hydrogen) atoms. The van der Waals surface area contributed by atoms with Crippen LogP contribution in [0.2, 0.25) is 0 Å². The molecular formula is C16H16BrF2NO4S. The lowest BCUT2D eigenvalue weighted by Gasteiger charge is -2.13. The molecule has 2 rings (SSSR count). The molecule has 5 nitrogen and oxygen atoms in total. The highest BCUT2D eigenvalue weighted by molar-refractivity contribution is 9.10. The van der Waals surface area contributed by atoms with E-state index >= 15 is 0 Å². The zero-order chi connectivity index (χ0) is 18.6. The highest BCUT2D eigenvalue weighted by Gasteiger charge is 2.18. The molecule has 0 saturated carbocycles. The van der Waals surface area contributed by atoms with E-state index < -0.39 is 16.6 Å². The van der Waals surface area contributed by atoms with Crippen LogP contribution in [0.5, 0.6) is 11.5 Å². The molecule has 0 aliphatic rings. The molecule has 9 heteroatoms. The first-order valence-corrected chi connectivity index (χ1v) is 9.38. The Kier molecular flexibility index (Phi) is 6.36. The van der Waals surface area contributed by atoms with Crippen LogP contribution < -0.4 is 14.2 Å². The minimum Gasteiger partial charge on any atom is -0.493 e. The molecule has 0 aliphatic carbocycles. The first kappa shape index (κ1) is 19.6. The van der Waals surface area contributed by atoms with Crippen LogP contribution >= 0.6 is 15.9 Å². The molecular weight excluding hydrogens is 420 g/mol. The number of sulfonamides is 1. The first-order valence-electron chi connectivity index (χ1n) is 7.10. The minimum atomic E-state index is -3.73. The van der Waals surface area contributed by atoms with Crippen LogP contribution in [0.4, 0.5) is 8.78 Å². The molecule has 0 unspecified atom stereocenters. The number of rotatable bonds is 7. The van der Waals surface area contributed by atoms with E-state index in [9.17, 15) is 17.2 Å². The van der Waals surface area contributed by atoms with Crippen molar-refractivity contribution in [2.45, 2.75) is 25.0 Å². The van der Waals surface area contributed by atoms with Crippen LogP contribution in [-0.2, 0) is 16.6 Å². The van der Waals surface area contributed by atoms with E-state index in [0.717, 1.165) is 0 Å². The fourth-order valence-corrected chi connectivity index (χ4v) is 3.93. The number of aryl methyl sites for hydroxylation is 1. The molecule has 0 bridgehead atoms. The lowest BCUT2D eigenvalue weighted by atomic mass is 10.2. The molecule has 0 amide bonds. The summed E-state index contributed by atoms with van der Waals surface area (Å²) in [6.45, 7) is -1.31. The second-order valence-electron chi connectivity index (χ2n) is 5.10. The van der Waals surface area contributed by atoms with E-state index in [1.54, 1.807) is 19.1 Å². The predicted octanol–water partition coefficient (Wildman–Crippen LogP) is 3.85. The molecule has 0 spiro atoms. The number of hydrogen-bond acceptors (Lipinski definition) is 4. The molecule has 0 radical (unpaired) electrons. The molecule has 0 fully saturated rings. The highest BCUT2D eigenvalue weighted by atomic mass is 79.9. The summed E-state index contributed by atoms with van der Waals surface area (Å²) >= 11 is 3.25. The van der Waals surface area contributed by atoms with Gasteiger partial charge in [-0.3, -0.25) is 0 Å². The third-order valence-electron chi connectivity index (χ3n) is 3.35. The average molecular weight is 436 g/mol. The van der Waals surface area contributed by atoms with Gasteiger partial charge in [0.15, 0.2) is 11.5 Å². The van der Waals surface area contributed by atoms with Crippen molar-refractivity contribution in [3.05, 3.63) is 52.0 Å². The number of ether oxygens (including phenoxy) is 2. The van der Waals surface area contributed by atoms with E-state index in [0.29, 0.717) is 15.6 Å². The van der Waals surface area contributed by atoms with Crippen molar-refractivity contribution in [3.8, 4) is 11.5 Å². The third-order valence-corrected chi connectivity index (χ3v) is 5.39. The Hall–Kier alpha value is -1.71. The average Bonchev–Trinajstić information content (AvgIpc) is 2.55. The first-order chi connectivity index (χ1) is 11.7. The van der Waals surface area contributed by atoms with Crippen molar-refractivity contribution in [2.75, 3.05) is 7.11 Å². The second-order valence-corrected chi connectivity index (χ2v) is 7.75. The van der Waals surface area contributed by atoms with Gasteiger partial charge in [0, 0.05) is 11.0 Å². The van der Waals surface area contributed by atoms with E-state index in [-0.39, 0.29) is 22.9 Å². The molecule has 0 saturated heterocycles. The Morgan fingerprint density at radius 1 is 1.16 bits per heavy atom. The van der Waals surface area contributed by atoms with Crippen molar-refractivity contribution in [3.63, 3.8) is 0 Å². The van der Waals surface area contributed by atoms with Crippen molar-refractivity contribution in [2.24, 2.45) is 0 Å². The third kappa shape index (κ3) is 5.13. The molecule has 1 N–H and O–H groups in total. The van der Waals surface area contributed by atoms with Gasteiger partial charge in [0.25, 0.3) is 0 Å². The van der Waals surface area contributed by atoms with Gasteiger partial charge in [0.1, 0.15) is 0 Å². The normalized spacial score (nSPS) is 11.6. The summed E-state index contributed by atoms with van der Waals surface area (Å²) in [7, 11) is -2.42. The van der Waals surface area contributed by atoms with Crippen LogP contribution in [0.3, 0.4) is 0 Å². The van der Waals surface area contributed by atoms with Gasteiger partial charge in [-0.05, 0) is 42.3 Å². The number of methoxy groups -OCH3 is 1. The monoisotopic (exact) mass is 435 g/mol. The van der Waals surface area contributed by atoms with Crippen LogP contribution in [0.25, 0.3) is 0 Å². The van der Waals surface area contributed by atoms with Crippen molar-refractivity contribution >= 4 is 26.0 Å². The van der Waals surface area contributed by atoms with E-state index in [4.69, 9.17) is 4.74 Å². The van der Waals surface area contributed by atoms with Crippen LogP contribution in [0, 0.1) is 6.92 Å². The Labute approximate surface area is 153 Å². The Morgan fingerprint density at radius 3 is 2.52 bits per heavy atom. The van der Waals surface area contributed by atoms with Gasteiger partial charge in [0.05, 0.1) is 12.0 Å². The lowest BCUT2D eigenvalue weighted by molar-refractivity contribution is -0.0512. The van der Waals surface area contributed by atoms with Crippen molar-refractivity contribution in [1.29, 1.82) is 0 Å². The van der Waals surface area contributed by atoms with Gasteiger partial charge in [-0.15, -0.1) is 0 Å². The molecule has 0 aromatic heterocycles. The Bertz CT molecular complexity index is 859. The maximum absolute atomic E-state index is 12.5. The molecule has 2 aromatic rings. The van der Waals surface area contributed by atoms with Crippen molar-refractivity contribution < 1.29 is 26.7 Å². The highest BCUT2D eigenvalue weighted by Crippen LogP contribution is 2.29. The molecule has 136 valence electrons. The fourth-order valence-electron chi connectivity index (χ4n) is 2.13. The quantitative estimate of drug-likeness (QED) is 0.717. The Balaban J connectivity index is 2.19. The minimum absolute atomic E-state index is 0.0282. The summed E-state index contributed by atoms with van der Waals surface area (Å²) < 4.78 is 62.0.